The molecule has 0 aromatic carbocycles. The third-order valence-electron chi connectivity index (χ3n) is 3.14. The SMILES string of the molecule is COC1CCN(c2ccnc(=O)n2C)CC1. The Morgan fingerprint density at radius 1 is 1.44 bits per heavy atom. The van der Waals surface area contributed by atoms with E-state index in [1.807, 2.05) is 6.07 Å². The lowest BCUT2D eigenvalue weighted by atomic mass is 10.1. The molecule has 0 atom stereocenters. The van der Waals surface area contributed by atoms with E-state index in [1.54, 1.807) is 24.9 Å². The Morgan fingerprint density at radius 3 is 2.75 bits per heavy atom. The van der Waals surface area contributed by atoms with E-state index in [2.05, 4.69) is 9.88 Å². The number of ether oxygens (including phenoxy) is 1. The molecule has 5 heteroatoms. The molecule has 1 aliphatic rings. The summed E-state index contributed by atoms with van der Waals surface area (Å²) in [5.41, 5.74) is -0.202. The Labute approximate surface area is 94.7 Å². The van der Waals surface area contributed by atoms with Crippen molar-refractivity contribution in [2.75, 3.05) is 25.1 Å². The van der Waals surface area contributed by atoms with Gasteiger partial charge in [0.05, 0.1) is 6.10 Å². The molecule has 5 nitrogen and oxygen atoms in total. The van der Waals surface area contributed by atoms with Gasteiger partial charge in [-0.15, -0.1) is 0 Å². The highest BCUT2D eigenvalue weighted by atomic mass is 16.5. The zero-order valence-corrected chi connectivity index (χ0v) is 9.72. The highest BCUT2D eigenvalue weighted by Crippen LogP contribution is 2.18. The fraction of sp³-hybridized carbons (Fsp3) is 0.636. The molecule has 16 heavy (non-hydrogen) atoms. The Morgan fingerprint density at radius 2 is 2.12 bits per heavy atom. The van der Waals surface area contributed by atoms with Crippen LogP contribution in [-0.4, -0.2) is 35.9 Å². The standard InChI is InChI=1S/C11H17N3O2/c1-13-10(3-6-12-11(13)15)14-7-4-9(16-2)5-8-14/h3,6,9H,4-5,7-8H2,1-2H3. The van der Waals surface area contributed by atoms with E-state index in [-0.39, 0.29) is 5.69 Å². The highest BCUT2D eigenvalue weighted by molar-refractivity contribution is 5.38. The summed E-state index contributed by atoms with van der Waals surface area (Å²) in [5, 5.41) is 0. The van der Waals surface area contributed by atoms with Crippen LogP contribution >= 0.6 is 0 Å². The molecule has 1 aromatic rings. The van der Waals surface area contributed by atoms with Gasteiger partial charge in [-0.25, -0.2) is 9.78 Å². The largest absolute Gasteiger partial charge is 0.381 e. The van der Waals surface area contributed by atoms with E-state index < -0.39 is 0 Å². The number of aromatic nitrogens is 2. The third-order valence-corrected chi connectivity index (χ3v) is 3.14. The lowest BCUT2D eigenvalue weighted by Crippen LogP contribution is -2.39. The van der Waals surface area contributed by atoms with E-state index in [4.69, 9.17) is 4.74 Å². The molecular formula is C11H17N3O2. The van der Waals surface area contributed by atoms with Gasteiger partial charge in [-0.1, -0.05) is 0 Å². The first kappa shape index (κ1) is 11.1. The van der Waals surface area contributed by atoms with Crippen LogP contribution in [0, 0.1) is 0 Å². The Hall–Kier alpha value is -1.36. The summed E-state index contributed by atoms with van der Waals surface area (Å²) in [5.74, 6) is 0.939. The van der Waals surface area contributed by atoms with Crippen LogP contribution in [0.1, 0.15) is 12.8 Å². The van der Waals surface area contributed by atoms with Gasteiger partial charge in [-0.2, -0.15) is 0 Å². The number of methoxy groups -OCH3 is 1. The van der Waals surface area contributed by atoms with Crippen LogP contribution in [0.3, 0.4) is 0 Å². The molecule has 0 aliphatic carbocycles. The first-order chi connectivity index (χ1) is 7.72. The molecule has 2 heterocycles. The van der Waals surface area contributed by atoms with Gasteiger partial charge in [-0.3, -0.25) is 4.57 Å². The van der Waals surface area contributed by atoms with Crippen molar-refractivity contribution >= 4 is 5.82 Å². The first-order valence-electron chi connectivity index (χ1n) is 5.52. The molecule has 1 aromatic heterocycles. The second-order valence-electron chi connectivity index (χ2n) is 4.07. The fourth-order valence-electron chi connectivity index (χ4n) is 2.10. The maximum Gasteiger partial charge on any atom is 0.348 e. The van der Waals surface area contributed by atoms with Crippen LogP contribution in [0.15, 0.2) is 17.1 Å². The van der Waals surface area contributed by atoms with Crippen molar-refractivity contribution in [2.45, 2.75) is 18.9 Å². The maximum atomic E-state index is 11.4. The Bertz CT molecular complexity index is 408. The highest BCUT2D eigenvalue weighted by Gasteiger charge is 2.20. The molecular weight excluding hydrogens is 206 g/mol. The molecule has 1 aliphatic heterocycles. The number of nitrogens with zero attached hydrogens (tertiary/aromatic N) is 3. The van der Waals surface area contributed by atoms with Gasteiger partial charge in [0.15, 0.2) is 0 Å². The minimum absolute atomic E-state index is 0.202. The third kappa shape index (κ3) is 2.09. The van der Waals surface area contributed by atoms with Crippen molar-refractivity contribution in [1.82, 2.24) is 9.55 Å². The molecule has 0 N–H and O–H groups in total. The average molecular weight is 223 g/mol. The van der Waals surface area contributed by atoms with Gasteiger partial charge in [0.1, 0.15) is 5.82 Å². The summed E-state index contributed by atoms with van der Waals surface area (Å²) in [7, 11) is 3.51. The van der Waals surface area contributed by atoms with Crippen LogP contribution < -0.4 is 10.6 Å². The molecule has 1 fully saturated rings. The normalized spacial score (nSPS) is 17.8. The lowest BCUT2D eigenvalue weighted by molar-refractivity contribution is 0.0816. The second-order valence-corrected chi connectivity index (χ2v) is 4.07. The topological polar surface area (TPSA) is 47.4 Å². The first-order valence-corrected chi connectivity index (χ1v) is 5.52. The smallest absolute Gasteiger partial charge is 0.348 e. The van der Waals surface area contributed by atoms with E-state index in [1.165, 1.54) is 0 Å². The van der Waals surface area contributed by atoms with E-state index >= 15 is 0 Å². The molecule has 0 bridgehead atoms. The summed E-state index contributed by atoms with van der Waals surface area (Å²) in [6.45, 7) is 1.85. The molecule has 0 radical (unpaired) electrons. The summed E-state index contributed by atoms with van der Waals surface area (Å²) in [6.07, 6.45) is 3.94. The molecule has 88 valence electrons. The van der Waals surface area contributed by atoms with Crippen LogP contribution in [0.2, 0.25) is 0 Å². The van der Waals surface area contributed by atoms with Gasteiger partial charge >= 0.3 is 5.69 Å². The molecule has 0 amide bonds. The van der Waals surface area contributed by atoms with Gasteiger partial charge in [-0.05, 0) is 18.9 Å². The summed E-state index contributed by atoms with van der Waals surface area (Å²) in [6, 6.07) is 1.88. The lowest BCUT2D eigenvalue weighted by Gasteiger charge is -2.33. The zero-order valence-electron chi connectivity index (χ0n) is 9.72. The zero-order chi connectivity index (χ0) is 11.5. The van der Waals surface area contributed by atoms with Gasteiger partial charge < -0.3 is 9.64 Å². The summed E-state index contributed by atoms with van der Waals surface area (Å²) < 4.78 is 6.91. The molecule has 0 spiro atoms. The Balaban J connectivity index is 2.14. The molecule has 1 saturated heterocycles. The number of anilines is 1. The quantitative estimate of drug-likeness (QED) is 0.728. The summed E-state index contributed by atoms with van der Waals surface area (Å²) >= 11 is 0. The number of piperidine rings is 1. The monoisotopic (exact) mass is 223 g/mol. The van der Waals surface area contributed by atoms with Crippen LogP contribution in [-0.2, 0) is 11.8 Å². The van der Waals surface area contributed by atoms with Crippen molar-refractivity contribution in [1.29, 1.82) is 0 Å². The van der Waals surface area contributed by atoms with Crippen LogP contribution in [0.5, 0.6) is 0 Å². The van der Waals surface area contributed by atoms with E-state index in [0.717, 1.165) is 31.7 Å². The fourth-order valence-corrected chi connectivity index (χ4v) is 2.10. The average Bonchev–Trinajstić information content (AvgIpc) is 2.33. The predicted molar refractivity (Wildman–Crippen MR) is 61.7 cm³/mol. The van der Waals surface area contributed by atoms with Crippen molar-refractivity contribution in [3.8, 4) is 0 Å². The second kappa shape index (κ2) is 4.65. The van der Waals surface area contributed by atoms with E-state index in [0.29, 0.717) is 6.10 Å². The van der Waals surface area contributed by atoms with Crippen LogP contribution in [0.25, 0.3) is 0 Å². The van der Waals surface area contributed by atoms with Gasteiger partial charge in [0, 0.05) is 33.4 Å². The number of hydrogen-bond donors (Lipinski definition) is 0. The van der Waals surface area contributed by atoms with Crippen molar-refractivity contribution in [2.24, 2.45) is 7.05 Å². The molecule has 2 rings (SSSR count). The van der Waals surface area contributed by atoms with Crippen molar-refractivity contribution < 1.29 is 4.74 Å². The minimum atomic E-state index is -0.202. The van der Waals surface area contributed by atoms with Gasteiger partial charge in [0.25, 0.3) is 0 Å². The van der Waals surface area contributed by atoms with Crippen molar-refractivity contribution in [3.63, 3.8) is 0 Å². The van der Waals surface area contributed by atoms with Gasteiger partial charge in [0.2, 0.25) is 0 Å². The predicted octanol–water partition coefficient (Wildman–Crippen LogP) is 0.395. The van der Waals surface area contributed by atoms with E-state index in [9.17, 15) is 4.79 Å². The minimum Gasteiger partial charge on any atom is -0.381 e. The number of hydrogen-bond acceptors (Lipinski definition) is 4. The molecule has 0 unspecified atom stereocenters. The van der Waals surface area contributed by atoms with Crippen LogP contribution in [0.4, 0.5) is 5.82 Å². The summed E-state index contributed by atoms with van der Waals surface area (Å²) in [4.78, 5) is 17.3. The Kier molecular flexibility index (Phi) is 3.24. The van der Waals surface area contributed by atoms with Crippen molar-refractivity contribution in [3.05, 3.63) is 22.7 Å². The maximum absolute atomic E-state index is 11.4. The molecule has 0 saturated carbocycles. The number of rotatable bonds is 2.